The predicted molar refractivity (Wildman–Crippen MR) is 102 cm³/mol. The maximum Gasteiger partial charge on any atom is 0.255 e. The smallest absolute Gasteiger partial charge is 0.255 e. The summed E-state index contributed by atoms with van der Waals surface area (Å²) in [6, 6.07) is 7.47. The van der Waals surface area contributed by atoms with Gasteiger partial charge in [-0.15, -0.1) is 24.2 Å². The number of hydrogen-bond acceptors (Lipinski definition) is 5. The van der Waals surface area contributed by atoms with Crippen LogP contribution >= 0.6 is 24.2 Å². The molecule has 1 unspecified atom stereocenters. The summed E-state index contributed by atoms with van der Waals surface area (Å²) >= 11 is 1.37. The number of nitrogens with zero attached hydrogens (tertiary/aromatic N) is 1. The molecule has 1 aliphatic heterocycles. The molecule has 8 heteroatoms. The van der Waals surface area contributed by atoms with Crippen molar-refractivity contribution in [2.75, 3.05) is 39.1 Å². The van der Waals surface area contributed by atoms with Crippen LogP contribution in [0.5, 0.6) is 0 Å². The van der Waals surface area contributed by atoms with E-state index in [2.05, 4.69) is 5.32 Å². The monoisotopic (exact) mass is 387 g/mol. The number of amides is 2. The van der Waals surface area contributed by atoms with Gasteiger partial charge in [-0.2, -0.15) is 0 Å². The average Bonchev–Trinajstić information content (AvgIpc) is 2.60. The zero-order valence-corrected chi connectivity index (χ0v) is 16.0. The molecule has 0 radical (unpaired) electrons. The van der Waals surface area contributed by atoms with E-state index in [1.54, 1.807) is 7.11 Å². The number of nitrogens with one attached hydrogen (secondary N) is 1. The number of ether oxygens (including phenoxy) is 1. The van der Waals surface area contributed by atoms with Crippen molar-refractivity contribution in [3.8, 4) is 0 Å². The highest BCUT2D eigenvalue weighted by atomic mass is 35.5. The predicted octanol–water partition coefficient (Wildman–Crippen LogP) is 1.53. The maximum atomic E-state index is 12.8. The van der Waals surface area contributed by atoms with Gasteiger partial charge in [-0.25, -0.2) is 0 Å². The molecule has 0 aromatic heterocycles. The third-order valence-corrected chi connectivity index (χ3v) is 4.92. The minimum absolute atomic E-state index is 0. The van der Waals surface area contributed by atoms with Gasteiger partial charge in [0.1, 0.15) is 0 Å². The van der Waals surface area contributed by atoms with Gasteiger partial charge in [0.15, 0.2) is 0 Å². The van der Waals surface area contributed by atoms with E-state index in [4.69, 9.17) is 10.5 Å². The molecule has 140 valence electrons. The lowest BCUT2D eigenvalue weighted by Crippen LogP contribution is -2.45. The zero-order chi connectivity index (χ0) is 17.4. The van der Waals surface area contributed by atoms with Crippen molar-refractivity contribution in [1.82, 2.24) is 10.2 Å². The Bertz CT molecular complexity index is 574. The fourth-order valence-electron chi connectivity index (χ4n) is 2.62. The van der Waals surface area contributed by atoms with Gasteiger partial charge in [-0.05, 0) is 25.0 Å². The summed E-state index contributed by atoms with van der Waals surface area (Å²) in [5.41, 5.74) is 6.61. The SMILES string of the molecule is COCCNC(=O)CSc1ccccc1C(=O)N1CCCC(N)C1.Cl. The summed E-state index contributed by atoms with van der Waals surface area (Å²) in [6.07, 6.45) is 1.89. The van der Waals surface area contributed by atoms with E-state index in [0.717, 1.165) is 24.3 Å². The molecule has 2 amide bonds. The Labute approximate surface area is 159 Å². The van der Waals surface area contributed by atoms with Gasteiger partial charge in [0.05, 0.1) is 17.9 Å². The lowest BCUT2D eigenvalue weighted by molar-refractivity contribution is -0.118. The Kier molecular flexibility index (Phi) is 9.89. The van der Waals surface area contributed by atoms with Crippen LogP contribution in [0.2, 0.25) is 0 Å². The molecule has 6 nitrogen and oxygen atoms in total. The fourth-order valence-corrected chi connectivity index (χ4v) is 3.50. The Morgan fingerprint density at radius 1 is 1.40 bits per heavy atom. The molecule has 1 atom stereocenters. The van der Waals surface area contributed by atoms with Gasteiger partial charge in [0.25, 0.3) is 5.91 Å². The molecule has 1 aromatic carbocycles. The van der Waals surface area contributed by atoms with Crippen LogP contribution in [0, 0.1) is 0 Å². The molecule has 25 heavy (non-hydrogen) atoms. The van der Waals surface area contributed by atoms with Gasteiger partial charge < -0.3 is 20.7 Å². The molecule has 0 spiro atoms. The van der Waals surface area contributed by atoms with Crippen molar-refractivity contribution in [3.05, 3.63) is 29.8 Å². The molecule has 1 aliphatic rings. The van der Waals surface area contributed by atoms with Crippen LogP contribution in [0.15, 0.2) is 29.2 Å². The van der Waals surface area contributed by atoms with Crippen LogP contribution in [-0.2, 0) is 9.53 Å². The van der Waals surface area contributed by atoms with Gasteiger partial charge in [-0.3, -0.25) is 9.59 Å². The molecule has 0 bridgehead atoms. The third kappa shape index (κ3) is 6.86. The van der Waals surface area contributed by atoms with E-state index in [-0.39, 0.29) is 36.0 Å². The molecule has 1 saturated heterocycles. The second-order valence-corrected chi connectivity index (χ2v) is 6.80. The zero-order valence-electron chi connectivity index (χ0n) is 14.4. The highest BCUT2D eigenvalue weighted by Crippen LogP contribution is 2.24. The van der Waals surface area contributed by atoms with E-state index in [9.17, 15) is 9.59 Å². The van der Waals surface area contributed by atoms with E-state index in [1.807, 2.05) is 29.2 Å². The molecular weight excluding hydrogens is 362 g/mol. The second-order valence-electron chi connectivity index (χ2n) is 5.78. The lowest BCUT2D eigenvalue weighted by atomic mass is 10.1. The maximum absolute atomic E-state index is 12.8. The largest absolute Gasteiger partial charge is 0.383 e. The first-order valence-corrected chi connectivity index (χ1v) is 9.12. The summed E-state index contributed by atoms with van der Waals surface area (Å²) < 4.78 is 4.90. The molecule has 1 fully saturated rings. The summed E-state index contributed by atoms with van der Waals surface area (Å²) in [6.45, 7) is 2.31. The van der Waals surface area contributed by atoms with E-state index in [1.165, 1.54) is 11.8 Å². The van der Waals surface area contributed by atoms with Crippen LogP contribution < -0.4 is 11.1 Å². The number of nitrogens with two attached hydrogens (primary N) is 1. The minimum Gasteiger partial charge on any atom is -0.383 e. The van der Waals surface area contributed by atoms with Gasteiger partial charge in [0.2, 0.25) is 5.91 Å². The standard InChI is InChI=1S/C17H25N3O3S.ClH/c1-23-10-8-19-16(21)12-24-15-7-3-2-6-14(15)17(22)20-9-4-5-13(18)11-20;/h2-3,6-7,13H,4-5,8-12,18H2,1H3,(H,19,21);1H. The molecular formula is C17H26ClN3O3S. The number of halogens is 1. The van der Waals surface area contributed by atoms with Crippen molar-refractivity contribution in [3.63, 3.8) is 0 Å². The first-order chi connectivity index (χ1) is 11.6. The van der Waals surface area contributed by atoms with Gasteiger partial charge in [-0.1, -0.05) is 12.1 Å². The van der Waals surface area contributed by atoms with Crippen LogP contribution in [0.1, 0.15) is 23.2 Å². The summed E-state index contributed by atoms with van der Waals surface area (Å²) in [7, 11) is 1.59. The highest BCUT2D eigenvalue weighted by Gasteiger charge is 2.24. The first-order valence-electron chi connectivity index (χ1n) is 8.14. The van der Waals surface area contributed by atoms with Crippen molar-refractivity contribution in [2.45, 2.75) is 23.8 Å². The minimum atomic E-state index is -0.0701. The second kappa shape index (κ2) is 11.4. The number of hydrogen-bond donors (Lipinski definition) is 2. The van der Waals surface area contributed by atoms with Crippen LogP contribution in [0.25, 0.3) is 0 Å². The number of likely N-dealkylation sites (tertiary alicyclic amines) is 1. The lowest BCUT2D eigenvalue weighted by Gasteiger charge is -2.31. The van der Waals surface area contributed by atoms with E-state index < -0.39 is 0 Å². The molecule has 1 heterocycles. The number of piperidine rings is 1. The Hall–Kier alpha value is -1.28. The molecule has 1 aromatic rings. The first kappa shape index (κ1) is 21.8. The fraction of sp³-hybridized carbons (Fsp3) is 0.529. The van der Waals surface area contributed by atoms with Crippen LogP contribution in [0.3, 0.4) is 0 Å². The Balaban J connectivity index is 0.00000312. The summed E-state index contributed by atoms with van der Waals surface area (Å²) in [5.74, 6) is 0.195. The van der Waals surface area contributed by atoms with Crippen LogP contribution in [0.4, 0.5) is 0 Å². The van der Waals surface area contributed by atoms with Crippen LogP contribution in [-0.4, -0.2) is 61.9 Å². The molecule has 2 rings (SSSR count). The average molecular weight is 388 g/mol. The molecule has 3 N–H and O–H groups in total. The quantitative estimate of drug-likeness (QED) is 0.547. The normalized spacial score (nSPS) is 16.9. The van der Waals surface area contributed by atoms with Crippen molar-refractivity contribution >= 4 is 36.0 Å². The van der Waals surface area contributed by atoms with E-state index >= 15 is 0 Å². The number of methoxy groups -OCH3 is 1. The van der Waals surface area contributed by atoms with Crippen molar-refractivity contribution < 1.29 is 14.3 Å². The number of rotatable bonds is 7. The Morgan fingerprint density at radius 2 is 2.16 bits per heavy atom. The summed E-state index contributed by atoms with van der Waals surface area (Å²) in [4.78, 5) is 27.2. The van der Waals surface area contributed by atoms with E-state index in [0.29, 0.717) is 25.3 Å². The number of thioether (sulfide) groups is 1. The van der Waals surface area contributed by atoms with Gasteiger partial charge in [0, 0.05) is 37.7 Å². The molecule has 0 aliphatic carbocycles. The number of benzene rings is 1. The number of carbonyl (C=O) groups excluding carboxylic acids is 2. The topological polar surface area (TPSA) is 84.7 Å². The highest BCUT2D eigenvalue weighted by molar-refractivity contribution is 8.00. The third-order valence-electron chi connectivity index (χ3n) is 3.85. The number of carbonyl (C=O) groups is 2. The summed E-state index contributed by atoms with van der Waals surface area (Å²) in [5, 5.41) is 2.78. The molecule has 0 saturated carbocycles. The van der Waals surface area contributed by atoms with Crippen molar-refractivity contribution in [2.24, 2.45) is 5.73 Å². The Morgan fingerprint density at radius 3 is 2.88 bits per heavy atom. The van der Waals surface area contributed by atoms with Gasteiger partial charge >= 0.3 is 0 Å². The van der Waals surface area contributed by atoms with Crippen molar-refractivity contribution in [1.29, 1.82) is 0 Å².